The number of amides is 2. The molecule has 21 heavy (non-hydrogen) atoms. The molecule has 0 saturated carbocycles. The molecule has 5 nitrogen and oxygen atoms in total. The van der Waals surface area contributed by atoms with Crippen LogP contribution in [0, 0.1) is 17.1 Å². The summed E-state index contributed by atoms with van der Waals surface area (Å²) >= 11 is 1.38. The molecule has 2 amide bonds. The first kappa shape index (κ1) is 17.0. The fourth-order valence-electron chi connectivity index (χ4n) is 1.60. The highest BCUT2D eigenvalue weighted by Gasteiger charge is 2.21. The third-order valence-corrected chi connectivity index (χ3v) is 3.28. The van der Waals surface area contributed by atoms with Gasteiger partial charge in [0, 0.05) is 12.3 Å². The Hall–Kier alpha value is -2.07. The molecule has 0 radical (unpaired) electrons. The zero-order valence-corrected chi connectivity index (χ0v) is 12.4. The van der Waals surface area contributed by atoms with Gasteiger partial charge >= 0.3 is 0 Å². The van der Waals surface area contributed by atoms with Gasteiger partial charge in [0.05, 0.1) is 18.1 Å². The number of rotatable bonds is 7. The highest BCUT2D eigenvalue weighted by atomic mass is 32.2. The van der Waals surface area contributed by atoms with Gasteiger partial charge in [-0.2, -0.15) is 17.0 Å². The summed E-state index contributed by atoms with van der Waals surface area (Å²) in [6.45, 7) is 0.218. The summed E-state index contributed by atoms with van der Waals surface area (Å²) in [6, 6.07) is 6.72. The van der Waals surface area contributed by atoms with E-state index in [1.165, 1.54) is 30.0 Å². The Morgan fingerprint density at radius 1 is 1.43 bits per heavy atom. The summed E-state index contributed by atoms with van der Waals surface area (Å²) in [5.74, 6) is -1.30. The van der Waals surface area contributed by atoms with Crippen molar-refractivity contribution in [2.24, 2.45) is 0 Å². The van der Waals surface area contributed by atoms with Gasteiger partial charge in [0.15, 0.2) is 0 Å². The van der Waals surface area contributed by atoms with Gasteiger partial charge in [0.1, 0.15) is 11.9 Å². The molecule has 1 rings (SSSR count). The van der Waals surface area contributed by atoms with Crippen LogP contribution in [0.2, 0.25) is 0 Å². The smallest absolute Gasteiger partial charge is 0.254 e. The topological polar surface area (TPSA) is 82.0 Å². The number of nitrogens with zero attached hydrogens (tertiary/aromatic N) is 1. The average molecular weight is 309 g/mol. The monoisotopic (exact) mass is 309 g/mol. The Bertz CT molecular complexity index is 545. The van der Waals surface area contributed by atoms with Gasteiger partial charge in [0.25, 0.3) is 5.91 Å². The third kappa shape index (κ3) is 5.44. The molecule has 0 spiro atoms. The van der Waals surface area contributed by atoms with Gasteiger partial charge < -0.3 is 10.6 Å². The third-order valence-electron chi connectivity index (χ3n) is 2.61. The largest absolute Gasteiger partial charge is 0.353 e. The predicted molar refractivity (Wildman–Crippen MR) is 79.3 cm³/mol. The molecular weight excluding hydrogens is 293 g/mol. The number of carbonyl (C=O) groups is 2. The summed E-state index contributed by atoms with van der Waals surface area (Å²) in [5.41, 5.74) is -0.103. The number of hydrogen-bond donors (Lipinski definition) is 2. The van der Waals surface area contributed by atoms with Gasteiger partial charge in [-0.25, -0.2) is 4.39 Å². The molecule has 0 aromatic heterocycles. The number of nitriles is 1. The van der Waals surface area contributed by atoms with Crippen LogP contribution in [-0.2, 0) is 4.79 Å². The summed E-state index contributed by atoms with van der Waals surface area (Å²) in [7, 11) is 0. The van der Waals surface area contributed by atoms with Gasteiger partial charge in [-0.15, -0.1) is 0 Å². The first-order chi connectivity index (χ1) is 10.1. The lowest BCUT2D eigenvalue weighted by Gasteiger charge is -2.17. The first-order valence-electron chi connectivity index (χ1n) is 6.29. The number of carbonyl (C=O) groups excluding carboxylic acids is 2. The molecule has 0 fully saturated rings. The fourth-order valence-corrected chi connectivity index (χ4v) is 2.16. The Morgan fingerprint density at radius 2 is 2.14 bits per heavy atom. The zero-order chi connectivity index (χ0) is 15.7. The minimum atomic E-state index is -0.772. The van der Waals surface area contributed by atoms with Crippen molar-refractivity contribution in [3.8, 4) is 6.07 Å². The van der Waals surface area contributed by atoms with Crippen molar-refractivity contribution >= 4 is 23.6 Å². The highest BCUT2D eigenvalue weighted by molar-refractivity contribution is 7.98. The van der Waals surface area contributed by atoms with Crippen LogP contribution in [0.25, 0.3) is 0 Å². The van der Waals surface area contributed by atoms with Crippen LogP contribution in [0.3, 0.4) is 0 Å². The highest BCUT2D eigenvalue weighted by Crippen LogP contribution is 2.07. The van der Waals surface area contributed by atoms with Crippen LogP contribution in [0.1, 0.15) is 16.8 Å². The summed E-state index contributed by atoms with van der Waals surface area (Å²) < 4.78 is 13.5. The minimum Gasteiger partial charge on any atom is -0.353 e. The van der Waals surface area contributed by atoms with Gasteiger partial charge in [0.2, 0.25) is 5.91 Å². The predicted octanol–water partition coefficient (Wildman–Crippen LogP) is 1.32. The summed E-state index contributed by atoms with van der Waals surface area (Å²) in [5, 5.41) is 13.5. The Balaban J connectivity index is 2.70. The number of halogens is 1. The van der Waals surface area contributed by atoms with E-state index in [0.717, 1.165) is 0 Å². The zero-order valence-electron chi connectivity index (χ0n) is 11.6. The number of hydrogen-bond acceptors (Lipinski definition) is 4. The molecule has 112 valence electrons. The first-order valence-corrected chi connectivity index (χ1v) is 7.68. The molecular formula is C14H16FN3O2S. The van der Waals surface area contributed by atoms with Crippen LogP contribution in [0.15, 0.2) is 24.3 Å². The van der Waals surface area contributed by atoms with Crippen molar-refractivity contribution in [2.75, 3.05) is 18.6 Å². The fraction of sp³-hybridized carbons (Fsp3) is 0.357. The van der Waals surface area contributed by atoms with Gasteiger partial charge in [-0.05, 0) is 18.4 Å². The average Bonchev–Trinajstić information content (AvgIpc) is 2.47. The van der Waals surface area contributed by atoms with E-state index in [1.54, 1.807) is 12.3 Å². The molecule has 1 aromatic rings. The minimum absolute atomic E-state index is 0.103. The molecule has 0 aliphatic rings. The molecule has 7 heteroatoms. The van der Waals surface area contributed by atoms with Gasteiger partial charge in [-0.3, -0.25) is 9.59 Å². The number of nitrogens with one attached hydrogen (secondary N) is 2. The van der Waals surface area contributed by atoms with Crippen LogP contribution in [0.5, 0.6) is 0 Å². The lowest BCUT2D eigenvalue weighted by atomic mass is 10.2. The quantitative estimate of drug-likeness (QED) is 0.744. The van der Waals surface area contributed by atoms with E-state index in [1.807, 2.05) is 6.07 Å². The molecule has 0 heterocycles. The molecule has 2 N–H and O–H groups in total. The van der Waals surface area contributed by atoms with E-state index in [0.29, 0.717) is 5.75 Å². The van der Waals surface area contributed by atoms with Crippen LogP contribution < -0.4 is 10.6 Å². The molecule has 0 aliphatic heterocycles. The lowest BCUT2D eigenvalue weighted by Crippen LogP contribution is -2.48. The standard InChI is InChI=1S/C14H16FN3O2S/c1-21-9-12(14(20)17-8-4-7-16)18-13(19)10-5-2-3-6-11(10)15/h2-3,5-6,12H,4,8-9H2,1H3,(H,17,20)(H,18,19). The summed E-state index contributed by atoms with van der Waals surface area (Å²) in [6.07, 6.45) is 1.99. The van der Waals surface area contributed by atoms with Crippen molar-refractivity contribution in [3.63, 3.8) is 0 Å². The second-order valence-electron chi connectivity index (χ2n) is 4.16. The second-order valence-corrected chi connectivity index (χ2v) is 5.07. The molecule has 0 bridgehead atoms. The van der Waals surface area contributed by atoms with Crippen molar-refractivity contribution < 1.29 is 14.0 Å². The normalized spacial score (nSPS) is 11.3. The van der Waals surface area contributed by atoms with Crippen molar-refractivity contribution in [1.82, 2.24) is 10.6 Å². The molecule has 1 aromatic carbocycles. The van der Waals surface area contributed by atoms with Gasteiger partial charge in [-0.1, -0.05) is 12.1 Å². The van der Waals surface area contributed by atoms with Crippen LogP contribution in [0.4, 0.5) is 4.39 Å². The molecule has 0 aliphatic carbocycles. The van der Waals surface area contributed by atoms with Crippen molar-refractivity contribution in [1.29, 1.82) is 5.26 Å². The lowest BCUT2D eigenvalue weighted by molar-refractivity contribution is -0.122. The SMILES string of the molecule is CSCC(NC(=O)c1ccccc1F)C(=O)NCCC#N. The Morgan fingerprint density at radius 3 is 2.76 bits per heavy atom. The van der Waals surface area contributed by atoms with Crippen molar-refractivity contribution in [2.45, 2.75) is 12.5 Å². The van der Waals surface area contributed by atoms with E-state index in [-0.39, 0.29) is 24.4 Å². The maximum Gasteiger partial charge on any atom is 0.254 e. The van der Waals surface area contributed by atoms with E-state index in [9.17, 15) is 14.0 Å². The molecule has 1 unspecified atom stereocenters. The number of thioether (sulfide) groups is 1. The Kier molecular flexibility index (Phi) is 7.26. The van der Waals surface area contributed by atoms with E-state index in [4.69, 9.17) is 5.26 Å². The number of benzene rings is 1. The van der Waals surface area contributed by atoms with E-state index >= 15 is 0 Å². The maximum atomic E-state index is 13.5. The second kappa shape index (κ2) is 8.97. The maximum absolute atomic E-state index is 13.5. The molecule has 0 saturated heterocycles. The molecule has 1 atom stereocenters. The van der Waals surface area contributed by atoms with E-state index < -0.39 is 17.8 Å². The van der Waals surface area contributed by atoms with E-state index in [2.05, 4.69) is 10.6 Å². The summed E-state index contributed by atoms with van der Waals surface area (Å²) in [4.78, 5) is 23.9. The van der Waals surface area contributed by atoms with Crippen molar-refractivity contribution in [3.05, 3.63) is 35.6 Å². The van der Waals surface area contributed by atoms with Crippen LogP contribution >= 0.6 is 11.8 Å². The van der Waals surface area contributed by atoms with Crippen LogP contribution in [-0.4, -0.2) is 36.4 Å². The Labute approximate surface area is 126 Å².